The summed E-state index contributed by atoms with van der Waals surface area (Å²) in [5.74, 6) is -0.182. The van der Waals surface area contributed by atoms with Crippen LogP contribution >= 0.6 is 11.5 Å². The van der Waals surface area contributed by atoms with Crippen LogP contribution in [0.4, 0.5) is 10.1 Å². The molecule has 0 bridgehead atoms. The van der Waals surface area contributed by atoms with Crippen molar-refractivity contribution in [1.82, 2.24) is 9.36 Å². The number of carbonyl (C=O) groups excluding carboxylic acids is 1. The van der Waals surface area contributed by atoms with E-state index in [0.29, 0.717) is 17.4 Å². The van der Waals surface area contributed by atoms with Gasteiger partial charge in [-0.2, -0.15) is 4.37 Å². The van der Waals surface area contributed by atoms with E-state index >= 15 is 0 Å². The Morgan fingerprint density at radius 1 is 1.50 bits per heavy atom. The minimum atomic E-state index is -0.431. The number of esters is 1. The van der Waals surface area contributed by atoms with Crippen molar-refractivity contribution in [2.45, 2.75) is 13.8 Å². The molecule has 0 aliphatic heterocycles. The molecule has 0 aliphatic rings. The monoisotopic (exact) mass is 295 g/mol. The van der Waals surface area contributed by atoms with E-state index in [2.05, 4.69) is 14.7 Å². The highest BCUT2D eigenvalue weighted by atomic mass is 32.1. The third-order valence-electron chi connectivity index (χ3n) is 2.47. The zero-order valence-electron chi connectivity index (χ0n) is 11.1. The molecule has 0 saturated carbocycles. The third-order valence-corrected chi connectivity index (χ3v) is 3.32. The van der Waals surface area contributed by atoms with E-state index in [1.165, 1.54) is 17.6 Å². The molecule has 0 unspecified atom stereocenters. The lowest BCUT2D eigenvalue weighted by atomic mass is 10.2. The molecule has 0 aliphatic carbocycles. The standard InChI is InChI=1S/C13H14FN3O2S/c1-3-19-12(18)7-15-11-6-9(4-5-10(11)14)13-16-8(2)17-20-13/h4-6,15H,3,7H2,1-2H3. The molecule has 20 heavy (non-hydrogen) atoms. The van der Waals surface area contributed by atoms with Crippen LogP contribution in [0.1, 0.15) is 12.7 Å². The Kier molecular flexibility index (Phi) is 4.62. The van der Waals surface area contributed by atoms with Gasteiger partial charge in [-0.15, -0.1) is 0 Å². The van der Waals surface area contributed by atoms with E-state index in [1.807, 2.05) is 0 Å². The van der Waals surface area contributed by atoms with Gasteiger partial charge in [0.15, 0.2) is 0 Å². The van der Waals surface area contributed by atoms with Crippen molar-refractivity contribution in [2.24, 2.45) is 0 Å². The number of hydrogen-bond acceptors (Lipinski definition) is 6. The minimum Gasteiger partial charge on any atom is -0.465 e. The second kappa shape index (κ2) is 6.42. The average Bonchev–Trinajstić information content (AvgIpc) is 2.85. The van der Waals surface area contributed by atoms with Gasteiger partial charge >= 0.3 is 5.97 Å². The van der Waals surface area contributed by atoms with Gasteiger partial charge in [-0.25, -0.2) is 9.37 Å². The van der Waals surface area contributed by atoms with Crippen molar-refractivity contribution in [2.75, 3.05) is 18.5 Å². The zero-order valence-corrected chi connectivity index (χ0v) is 12.0. The van der Waals surface area contributed by atoms with Crippen LogP contribution in [-0.4, -0.2) is 28.5 Å². The summed E-state index contributed by atoms with van der Waals surface area (Å²) in [5, 5.41) is 3.43. The SMILES string of the molecule is CCOC(=O)CNc1cc(-c2nc(C)ns2)ccc1F. The molecule has 0 saturated heterocycles. The maximum Gasteiger partial charge on any atom is 0.325 e. The van der Waals surface area contributed by atoms with Gasteiger partial charge in [-0.3, -0.25) is 4.79 Å². The highest BCUT2D eigenvalue weighted by molar-refractivity contribution is 7.09. The van der Waals surface area contributed by atoms with E-state index in [9.17, 15) is 9.18 Å². The summed E-state index contributed by atoms with van der Waals surface area (Å²) in [4.78, 5) is 15.5. The van der Waals surface area contributed by atoms with Gasteiger partial charge in [0.25, 0.3) is 0 Å². The van der Waals surface area contributed by atoms with Crippen LogP contribution in [0, 0.1) is 12.7 Å². The number of hydrogen-bond donors (Lipinski definition) is 1. The van der Waals surface area contributed by atoms with E-state index in [0.717, 1.165) is 5.56 Å². The Morgan fingerprint density at radius 2 is 2.30 bits per heavy atom. The quantitative estimate of drug-likeness (QED) is 0.859. The predicted octanol–water partition coefficient (Wildman–Crippen LogP) is 2.63. The molecule has 2 aromatic rings. The summed E-state index contributed by atoms with van der Waals surface area (Å²) in [6.07, 6.45) is 0. The van der Waals surface area contributed by atoms with Gasteiger partial charge < -0.3 is 10.1 Å². The van der Waals surface area contributed by atoms with Crippen LogP contribution in [0.15, 0.2) is 18.2 Å². The van der Waals surface area contributed by atoms with Crippen molar-refractivity contribution in [1.29, 1.82) is 0 Å². The summed E-state index contributed by atoms with van der Waals surface area (Å²) < 4.78 is 22.5. The Hall–Kier alpha value is -2.02. The molecule has 1 aromatic heterocycles. The molecular formula is C13H14FN3O2S. The maximum absolute atomic E-state index is 13.7. The topological polar surface area (TPSA) is 64.1 Å². The Bertz CT molecular complexity index is 615. The number of aryl methyl sites for hydroxylation is 1. The molecule has 0 fully saturated rings. The van der Waals surface area contributed by atoms with Gasteiger partial charge in [0.1, 0.15) is 23.2 Å². The summed E-state index contributed by atoms with van der Waals surface area (Å²) in [6.45, 7) is 3.73. The number of nitrogens with one attached hydrogen (secondary N) is 1. The van der Waals surface area contributed by atoms with Crippen LogP contribution in [0.3, 0.4) is 0 Å². The molecule has 0 spiro atoms. The van der Waals surface area contributed by atoms with Crippen LogP contribution in [0.5, 0.6) is 0 Å². The molecule has 5 nitrogen and oxygen atoms in total. The fourth-order valence-corrected chi connectivity index (χ4v) is 2.25. The first-order valence-corrected chi connectivity index (χ1v) is 6.87. The van der Waals surface area contributed by atoms with Crippen LogP contribution < -0.4 is 5.32 Å². The van der Waals surface area contributed by atoms with Gasteiger partial charge in [0.05, 0.1) is 12.3 Å². The normalized spacial score (nSPS) is 10.3. The maximum atomic E-state index is 13.7. The molecule has 0 amide bonds. The number of halogens is 1. The largest absolute Gasteiger partial charge is 0.465 e. The smallest absolute Gasteiger partial charge is 0.325 e. The summed E-state index contributed by atoms with van der Waals surface area (Å²) in [5.41, 5.74) is 0.992. The van der Waals surface area contributed by atoms with Gasteiger partial charge in [0.2, 0.25) is 0 Å². The Labute approximate surface area is 120 Å². The van der Waals surface area contributed by atoms with Crippen LogP contribution in [-0.2, 0) is 9.53 Å². The van der Waals surface area contributed by atoms with E-state index in [4.69, 9.17) is 4.74 Å². The fraction of sp³-hybridized carbons (Fsp3) is 0.308. The molecule has 1 heterocycles. The molecular weight excluding hydrogens is 281 g/mol. The zero-order chi connectivity index (χ0) is 14.5. The minimum absolute atomic E-state index is 0.0800. The fourth-order valence-electron chi connectivity index (χ4n) is 1.59. The molecule has 1 aromatic carbocycles. The van der Waals surface area contributed by atoms with Gasteiger partial charge in [-0.1, -0.05) is 0 Å². The summed E-state index contributed by atoms with van der Waals surface area (Å²) in [7, 11) is 0. The predicted molar refractivity (Wildman–Crippen MR) is 75.2 cm³/mol. The lowest BCUT2D eigenvalue weighted by Crippen LogP contribution is -2.17. The number of ether oxygens (including phenoxy) is 1. The molecule has 0 atom stereocenters. The third kappa shape index (κ3) is 3.51. The molecule has 106 valence electrons. The highest BCUT2D eigenvalue weighted by Gasteiger charge is 2.10. The lowest BCUT2D eigenvalue weighted by Gasteiger charge is -2.08. The second-order valence-electron chi connectivity index (χ2n) is 4.00. The molecule has 2 rings (SSSR count). The number of benzene rings is 1. The Balaban J connectivity index is 2.14. The first kappa shape index (κ1) is 14.4. The highest BCUT2D eigenvalue weighted by Crippen LogP contribution is 2.26. The van der Waals surface area contributed by atoms with Crippen molar-refractivity contribution in [3.05, 3.63) is 29.8 Å². The first-order valence-electron chi connectivity index (χ1n) is 6.10. The number of anilines is 1. The Morgan fingerprint density at radius 3 is 2.95 bits per heavy atom. The van der Waals surface area contributed by atoms with Crippen molar-refractivity contribution in [3.63, 3.8) is 0 Å². The van der Waals surface area contributed by atoms with Crippen molar-refractivity contribution in [3.8, 4) is 10.6 Å². The lowest BCUT2D eigenvalue weighted by molar-refractivity contribution is -0.140. The molecule has 7 heteroatoms. The number of nitrogens with zero attached hydrogens (tertiary/aromatic N) is 2. The van der Waals surface area contributed by atoms with Gasteiger partial charge in [0, 0.05) is 5.56 Å². The van der Waals surface area contributed by atoms with Crippen LogP contribution in [0.25, 0.3) is 10.6 Å². The second-order valence-corrected chi connectivity index (χ2v) is 4.75. The number of aromatic nitrogens is 2. The van der Waals surface area contributed by atoms with Crippen molar-refractivity contribution >= 4 is 23.2 Å². The first-order chi connectivity index (χ1) is 9.60. The number of rotatable bonds is 5. The van der Waals surface area contributed by atoms with E-state index in [-0.39, 0.29) is 12.2 Å². The molecule has 1 N–H and O–H groups in total. The molecule has 0 radical (unpaired) electrons. The summed E-state index contributed by atoms with van der Waals surface area (Å²) >= 11 is 1.25. The average molecular weight is 295 g/mol. The van der Waals surface area contributed by atoms with E-state index < -0.39 is 11.8 Å². The van der Waals surface area contributed by atoms with Crippen molar-refractivity contribution < 1.29 is 13.9 Å². The summed E-state index contributed by atoms with van der Waals surface area (Å²) in [6, 6.07) is 4.57. The van der Waals surface area contributed by atoms with Gasteiger partial charge in [-0.05, 0) is 43.6 Å². The van der Waals surface area contributed by atoms with Crippen LogP contribution in [0.2, 0.25) is 0 Å². The number of carbonyl (C=O) groups is 1. The van der Waals surface area contributed by atoms with E-state index in [1.54, 1.807) is 26.0 Å².